The molecule has 7 heteroatoms. The summed E-state index contributed by atoms with van der Waals surface area (Å²) in [6.45, 7) is 5.68. The molecule has 0 radical (unpaired) electrons. The number of pyridine rings is 1. The summed E-state index contributed by atoms with van der Waals surface area (Å²) in [6.07, 6.45) is 2.19. The monoisotopic (exact) mass is 272 g/mol. The summed E-state index contributed by atoms with van der Waals surface area (Å²) >= 11 is 0. The van der Waals surface area contributed by atoms with Gasteiger partial charge in [-0.15, -0.1) is 0 Å². The second kappa shape index (κ2) is 5.21. The minimum atomic E-state index is -3.62. The van der Waals surface area contributed by atoms with Gasteiger partial charge in [-0.1, -0.05) is 6.92 Å². The number of rotatable bonds is 5. The van der Waals surface area contributed by atoms with Crippen molar-refractivity contribution >= 4 is 15.8 Å². The minimum Gasteiger partial charge on any atom is -0.307 e. The van der Waals surface area contributed by atoms with Crippen LogP contribution in [0, 0.1) is 0 Å². The molecule has 0 saturated carbocycles. The van der Waals surface area contributed by atoms with Crippen molar-refractivity contribution in [3.8, 4) is 0 Å². The number of nitrogens with one attached hydrogen (secondary N) is 1. The summed E-state index contributed by atoms with van der Waals surface area (Å²) in [7, 11) is -2.06. The normalized spacial score (nSPS) is 12.8. The molecular formula is C11H20N4O2S. The molecule has 0 fully saturated rings. The number of hydrazine groups is 1. The Morgan fingerprint density at radius 2 is 2.11 bits per heavy atom. The highest BCUT2D eigenvalue weighted by molar-refractivity contribution is 7.89. The molecule has 0 aliphatic rings. The van der Waals surface area contributed by atoms with E-state index in [-0.39, 0.29) is 10.7 Å². The van der Waals surface area contributed by atoms with Gasteiger partial charge in [-0.2, -0.15) is 4.31 Å². The van der Waals surface area contributed by atoms with Crippen molar-refractivity contribution in [2.24, 2.45) is 5.84 Å². The lowest BCUT2D eigenvalue weighted by Gasteiger charge is -2.33. The highest BCUT2D eigenvalue weighted by atomic mass is 32.2. The van der Waals surface area contributed by atoms with E-state index in [0.29, 0.717) is 6.42 Å². The van der Waals surface area contributed by atoms with E-state index in [2.05, 4.69) is 10.4 Å². The maximum Gasteiger partial charge on any atom is 0.247 e. The molecule has 0 aliphatic carbocycles. The zero-order chi connectivity index (χ0) is 14.0. The summed E-state index contributed by atoms with van der Waals surface area (Å²) < 4.78 is 26.4. The fourth-order valence-electron chi connectivity index (χ4n) is 1.40. The Hall–Kier alpha value is -1.18. The predicted molar refractivity (Wildman–Crippen MR) is 71.4 cm³/mol. The molecule has 0 bridgehead atoms. The third kappa shape index (κ3) is 2.63. The summed E-state index contributed by atoms with van der Waals surface area (Å²) in [5.74, 6) is 5.44. The Morgan fingerprint density at radius 1 is 1.50 bits per heavy atom. The van der Waals surface area contributed by atoms with Gasteiger partial charge in [0.05, 0.1) is 0 Å². The van der Waals surface area contributed by atoms with Crippen molar-refractivity contribution in [3.63, 3.8) is 0 Å². The zero-order valence-corrected chi connectivity index (χ0v) is 12.0. The molecule has 6 nitrogen and oxygen atoms in total. The van der Waals surface area contributed by atoms with Crippen molar-refractivity contribution in [1.29, 1.82) is 0 Å². The van der Waals surface area contributed by atoms with E-state index in [1.54, 1.807) is 13.1 Å². The highest BCUT2D eigenvalue weighted by Gasteiger charge is 2.34. The van der Waals surface area contributed by atoms with Crippen LogP contribution in [0.15, 0.2) is 23.2 Å². The molecule has 3 N–H and O–H groups in total. The minimum absolute atomic E-state index is 0.0801. The number of nitrogen functional groups attached to an aromatic ring is 1. The Labute approximate surface area is 108 Å². The number of aromatic nitrogens is 1. The number of nitrogens with two attached hydrogens (primary N) is 1. The molecule has 0 spiro atoms. The molecule has 0 aromatic carbocycles. The topological polar surface area (TPSA) is 88.3 Å². The lowest BCUT2D eigenvalue weighted by Crippen LogP contribution is -2.44. The van der Waals surface area contributed by atoms with Gasteiger partial charge in [0.25, 0.3) is 0 Å². The summed E-state index contributed by atoms with van der Waals surface area (Å²) in [4.78, 5) is 3.99. The van der Waals surface area contributed by atoms with Crippen LogP contribution >= 0.6 is 0 Å². The number of sulfonamides is 1. The fourth-order valence-corrected chi connectivity index (χ4v) is 3.08. The summed E-state index contributed by atoms with van der Waals surface area (Å²) in [6, 6.07) is 3.06. The van der Waals surface area contributed by atoms with Crippen LogP contribution in [0.2, 0.25) is 0 Å². The third-order valence-corrected chi connectivity index (χ3v) is 5.36. The van der Waals surface area contributed by atoms with Crippen LogP contribution in [-0.4, -0.2) is 30.3 Å². The second-order valence-electron chi connectivity index (χ2n) is 4.63. The number of nitrogens with zero attached hydrogens (tertiary/aromatic N) is 2. The molecule has 1 heterocycles. The summed E-state index contributed by atoms with van der Waals surface area (Å²) in [5.41, 5.74) is 1.84. The first-order chi connectivity index (χ1) is 8.27. The number of hydrogen-bond acceptors (Lipinski definition) is 5. The van der Waals surface area contributed by atoms with Gasteiger partial charge in [0, 0.05) is 18.8 Å². The molecule has 1 aromatic rings. The van der Waals surface area contributed by atoms with Crippen LogP contribution in [0.5, 0.6) is 0 Å². The molecule has 0 atom stereocenters. The van der Waals surface area contributed by atoms with Gasteiger partial charge in [-0.25, -0.2) is 19.2 Å². The lowest BCUT2D eigenvalue weighted by molar-refractivity contribution is 0.257. The molecule has 18 heavy (non-hydrogen) atoms. The van der Waals surface area contributed by atoms with Crippen molar-refractivity contribution in [2.75, 3.05) is 12.5 Å². The maximum atomic E-state index is 12.5. The van der Waals surface area contributed by atoms with Crippen LogP contribution in [-0.2, 0) is 10.0 Å². The molecule has 102 valence electrons. The average Bonchev–Trinajstić information content (AvgIpc) is 2.37. The van der Waals surface area contributed by atoms with Crippen molar-refractivity contribution in [2.45, 2.75) is 37.6 Å². The number of hydrogen-bond donors (Lipinski definition) is 2. The highest BCUT2D eigenvalue weighted by Crippen LogP contribution is 2.27. The van der Waals surface area contributed by atoms with Crippen LogP contribution in [0.25, 0.3) is 0 Å². The summed E-state index contributed by atoms with van der Waals surface area (Å²) in [5, 5.41) is 0. The predicted octanol–water partition coefficient (Wildman–Crippen LogP) is 1.18. The van der Waals surface area contributed by atoms with Crippen LogP contribution in [0.1, 0.15) is 27.2 Å². The smallest absolute Gasteiger partial charge is 0.247 e. The van der Waals surface area contributed by atoms with Crippen molar-refractivity contribution in [3.05, 3.63) is 18.3 Å². The molecule has 1 aromatic heterocycles. The van der Waals surface area contributed by atoms with Gasteiger partial charge in [0.15, 0.2) is 5.82 Å². The van der Waals surface area contributed by atoms with Gasteiger partial charge >= 0.3 is 0 Å². The van der Waals surface area contributed by atoms with Crippen molar-refractivity contribution in [1.82, 2.24) is 9.29 Å². The van der Waals surface area contributed by atoms with E-state index < -0.39 is 15.6 Å². The van der Waals surface area contributed by atoms with Crippen molar-refractivity contribution < 1.29 is 8.42 Å². The first kappa shape index (κ1) is 14.9. The first-order valence-corrected chi connectivity index (χ1v) is 7.12. The number of anilines is 1. The average molecular weight is 272 g/mol. The zero-order valence-electron chi connectivity index (χ0n) is 11.1. The lowest BCUT2D eigenvalue weighted by atomic mass is 10.0. The van der Waals surface area contributed by atoms with Crippen LogP contribution < -0.4 is 11.3 Å². The molecular weight excluding hydrogens is 252 g/mol. The maximum absolute atomic E-state index is 12.5. The van der Waals surface area contributed by atoms with E-state index in [0.717, 1.165) is 0 Å². The Morgan fingerprint density at radius 3 is 2.61 bits per heavy atom. The standard InChI is InChI=1S/C11H20N4O2S/c1-5-11(2,3)15(4)18(16,17)9-7-6-8-13-10(9)14-12/h6-8H,5,12H2,1-4H3,(H,13,14). The van der Waals surface area contributed by atoms with E-state index in [1.807, 2.05) is 20.8 Å². The van der Waals surface area contributed by atoms with Crippen LogP contribution in [0.4, 0.5) is 5.82 Å². The Kier molecular flexibility index (Phi) is 4.31. The van der Waals surface area contributed by atoms with E-state index in [1.165, 1.54) is 16.6 Å². The second-order valence-corrected chi connectivity index (χ2v) is 6.57. The largest absolute Gasteiger partial charge is 0.307 e. The molecule has 0 unspecified atom stereocenters. The van der Waals surface area contributed by atoms with E-state index in [9.17, 15) is 8.42 Å². The van der Waals surface area contributed by atoms with Gasteiger partial charge in [-0.3, -0.25) is 0 Å². The Balaban J connectivity index is 3.30. The van der Waals surface area contributed by atoms with Gasteiger partial charge in [-0.05, 0) is 32.4 Å². The molecule has 1 rings (SSSR count). The van der Waals surface area contributed by atoms with Gasteiger partial charge < -0.3 is 5.43 Å². The van der Waals surface area contributed by atoms with Gasteiger partial charge in [0.1, 0.15) is 4.90 Å². The molecule has 0 amide bonds. The van der Waals surface area contributed by atoms with E-state index >= 15 is 0 Å². The van der Waals surface area contributed by atoms with Crippen LogP contribution in [0.3, 0.4) is 0 Å². The first-order valence-electron chi connectivity index (χ1n) is 5.68. The SMILES string of the molecule is CCC(C)(C)N(C)S(=O)(=O)c1cccnc1NN. The Bertz CT molecular complexity index is 514. The molecule has 0 aliphatic heterocycles. The third-order valence-electron chi connectivity index (χ3n) is 3.26. The fraction of sp³-hybridized carbons (Fsp3) is 0.545. The van der Waals surface area contributed by atoms with Gasteiger partial charge in [0.2, 0.25) is 10.0 Å². The van der Waals surface area contributed by atoms with E-state index in [4.69, 9.17) is 5.84 Å². The quantitative estimate of drug-likeness (QED) is 0.620. The molecule has 0 saturated heterocycles.